The van der Waals surface area contributed by atoms with Gasteiger partial charge in [0.05, 0.1) is 0 Å². The Hall–Kier alpha value is -3.15. The summed E-state index contributed by atoms with van der Waals surface area (Å²) in [6.07, 6.45) is 80.6. The van der Waals surface area contributed by atoms with Gasteiger partial charge in [-0.25, -0.2) is 0 Å². The highest BCUT2D eigenvalue weighted by Crippen LogP contribution is 2.16. The van der Waals surface area contributed by atoms with Crippen molar-refractivity contribution in [2.24, 2.45) is 0 Å². The first-order chi connectivity index (χ1) is 36.5. The Morgan fingerprint density at radius 2 is 0.527 bits per heavy atom. The van der Waals surface area contributed by atoms with E-state index in [-0.39, 0.29) is 31.1 Å². The number of hydrogen-bond acceptors (Lipinski definition) is 6. The molecule has 1 unspecified atom stereocenters. The summed E-state index contributed by atoms with van der Waals surface area (Å²) in [4.78, 5) is 38.3. The summed E-state index contributed by atoms with van der Waals surface area (Å²) in [6.45, 7) is 6.51. The lowest BCUT2D eigenvalue weighted by Gasteiger charge is -2.18. The number of rotatable bonds is 58. The monoisotopic (exact) mass is 1030 g/mol. The van der Waals surface area contributed by atoms with Crippen molar-refractivity contribution < 1.29 is 28.6 Å². The number of esters is 3. The highest BCUT2D eigenvalue weighted by Gasteiger charge is 2.19. The highest BCUT2D eigenvalue weighted by atomic mass is 16.6. The maximum Gasteiger partial charge on any atom is 0.306 e. The van der Waals surface area contributed by atoms with Crippen LogP contribution in [0, 0.1) is 0 Å². The zero-order chi connectivity index (χ0) is 53.6. The predicted octanol–water partition coefficient (Wildman–Crippen LogP) is 21.7. The molecule has 0 spiro atoms. The third-order valence-electron chi connectivity index (χ3n) is 13.9. The summed E-state index contributed by atoms with van der Waals surface area (Å²) >= 11 is 0. The van der Waals surface area contributed by atoms with E-state index in [2.05, 4.69) is 93.7 Å². The molecule has 0 radical (unpaired) electrons. The van der Waals surface area contributed by atoms with E-state index < -0.39 is 6.10 Å². The van der Waals surface area contributed by atoms with E-state index in [1.807, 2.05) is 0 Å². The lowest BCUT2D eigenvalue weighted by Crippen LogP contribution is -2.30. The largest absolute Gasteiger partial charge is 0.462 e. The second-order valence-electron chi connectivity index (χ2n) is 21.3. The molecule has 0 amide bonds. The first-order valence-electron chi connectivity index (χ1n) is 31.9. The maximum absolute atomic E-state index is 12.9. The van der Waals surface area contributed by atoms with Crippen LogP contribution in [0.15, 0.2) is 72.9 Å². The average molecular weight is 1030 g/mol. The van der Waals surface area contributed by atoms with E-state index in [0.717, 1.165) is 96.3 Å². The van der Waals surface area contributed by atoms with Crippen LogP contribution in [0.25, 0.3) is 0 Å². The smallest absolute Gasteiger partial charge is 0.306 e. The molecule has 1 atom stereocenters. The molecule has 0 heterocycles. The van der Waals surface area contributed by atoms with E-state index in [1.165, 1.54) is 186 Å². The summed E-state index contributed by atoms with van der Waals surface area (Å²) < 4.78 is 16.9. The highest BCUT2D eigenvalue weighted by molar-refractivity contribution is 5.71. The van der Waals surface area contributed by atoms with Crippen molar-refractivity contribution in [3.8, 4) is 0 Å². The van der Waals surface area contributed by atoms with Gasteiger partial charge in [0.2, 0.25) is 0 Å². The van der Waals surface area contributed by atoms with Gasteiger partial charge in [0, 0.05) is 19.3 Å². The molecule has 0 aliphatic carbocycles. The second kappa shape index (κ2) is 62.4. The van der Waals surface area contributed by atoms with Crippen LogP contribution in [-0.2, 0) is 28.6 Å². The van der Waals surface area contributed by atoms with E-state index in [1.54, 1.807) is 0 Å². The summed E-state index contributed by atoms with van der Waals surface area (Å²) in [7, 11) is 0. The molecule has 6 nitrogen and oxygen atoms in total. The van der Waals surface area contributed by atoms with Gasteiger partial charge in [-0.05, 0) is 109 Å². The lowest BCUT2D eigenvalue weighted by molar-refractivity contribution is -0.167. The standard InChI is InChI=1S/C68H120O6/c1-4-7-10-13-16-19-22-25-27-29-31-32-33-34-35-36-37-39-40-43-46-49-52-55-58-61-67(70)73-64-65(63-72-66(69)60-57-54-51-48-45-42-24-21-18-15-12-9-6-3)74-68(71)62-59-56-53-50-47-44-41-38-30-28-26-23-20-17-14-11-8-5-2/h9,12,18,20-21,23,28-31,42,45,65H,4-8,10-11,13-17,19,22,24-27,32-41,43-44,46-64H2,1-3H3/b12-9-,21-18-,23-20-,30-28-,31-29-,45-42-. The fourth-order valence-electron chi connectivity index (χ4n) is 9.13. The predicted molar refractivity (Wildman–Crippen MR) is 321 cm³/mol. The zero-order valence-corrected chi connectivity index (χ0v) is 49.1. The number of unbranched alkanes of at least 4 members (excludes halogenated alkanes) is 35. The molecule has 0 aliphatic heterocycles. The van der Waals surface area contributed by atoms with Crippen molar-refractivity contribution in [1.29, 1.82) is 0 Å². The van der Waals surface area contributed by atoms with Crippen LogP contribution >= 0.6 is 0 Å². The molecule has 428 valence electrons. The Balaban J connectivity index is 4.30. The number of carbonyl (C=O) groups excluding carboxylic acids is 3. The number of carbonyl (C=O) groups is 3. The van der Waals surface area contributed by atoms with Crippen molar-refractivity contribution in [3.05, 3.63) is 72.9 Å². The normalized spacial score (nSPS) is 12.5. The van der Waals surface area contributed by atoms with Crippen LogP contribution in [0.3, 0.4) is 0 Å². The minimum Gasteiger partial charge on any atom is -0.462 e. The lowest BCUT2D eigenvalue weighted by atomic mass is 10.0. The third-order valence-corrected chi connectivity index (χ3v) is 13.9. The van der Waals surface area contributed by atoms with Gasteiger partial charge in [0.1, 0.15) is 13.2 Å². The molecule has 0 saturated carbocycles. The number of ether oxygens (including phenoxy) is 3. The summed E-state index contributed by atoms with van der Waals surface area (Å²) in [5.74, 6) is -0.913. The average Bonchev–Trinajstić information content (AvgIpc) is 3.40. The molecular weight excluding hydrogens is 913 g/mol. The Labute approximate surface area is 459 Å². The quantitative estimate of drug-likeness (QED) is 0.0261. The van der Waals surface area contributed by atoms with Crippen molar-refractivity contribution in [2.75, 3.05) is 13.2 Å². The van der Waals surface area contributed by atoms with Crippen LogP contribution in [0.5, 0.6) is 0 Å². The van der Waals surface area contributed by atoms with Gasteiger partial charge in [-0.3, -0.25) is 14.4 Å². The molecule has 6 heteroatoms. The molecule has 0 N–H and O–H groups in total. The second-order valence-corrected chi connectivity index (χ2v) is 21.3. The van der Waals surface area contributed by atoms with E-state index in [0.29, 0.717) is 19.3 Å². The fourth-order valence-corrected chi connectivity index (χ4v) is 9.13. The molecule has 0 saturated heterocycles. The topological polar surface area (TPSA) is 78.9 Å². The molecular formula is C68H120O6. The van der Waals surface area contributed by atoms with Crippen LogP contribution in [0.4, 0.5) is 0 Å². The Morgan fingerprint density at radius 1 is 0.284 bits per heavy atom. The molecule has 0 aliphatic rings. The van der Waals surface area contributed by atoms with Gasteiger partial charge in [-0.2, -0.15) is 0 Å². The van der Waals surface area contributed by atoms with Crippen molar-refractivity contribution in [2.45, 2.75) is 329 Å². The number of hydrogen-bond donors (Lipinski definition) is 0. The number of allylic oxidation sites excluding steroid dienone is 12. The summed E-state index contributed by atoms with van der Waals surface area (Å²) in [5.41, 5.74) is 0. The third kappa shape index (κ3) is 59.7. The fraction of sp³-hybridized carbons (Fsp3) is 0.779. The molecule has 0 rings (SSSR count). The minimum absolute atomic E-state index is 0.0867. The Kier molecular flexibility index (Phi) is 59.7. The van der Waals surface area contributed by atoms with Crippen LogP contribution in [-0.4, -0.2) is 37.2 Å². The van der Waals surface area contributed by atoms with Crippen molar-refractivity contribution in [1.82, 2.24) is 0 Å². The van der Waals surface area contributed by atoms with E-state index in [4.69, 9.17) is 14.2 Å². The van der Waals surface area contributed by atoms with Crippen LogP contribution < -0.4 is 0 Å². The van der Waals surface area contributed by atoms with Gasteiger partial charge in [-0.15, -0.1) is 0 Å². The van der Waals surface area contributed by atoms with Gasteiger partial charge in [0.25, 0.3) is 0 Å². The molecule has 0 aromatic heterocycles. The van der Waals surface area contributed by atoms with Crippen LogP contribution in [0.1, 0.15) is 323 Å². The molecule has 0 bridgehead atoms. The van der Waals surface area contributed by atoms with E-state index >= 15 is 0 Å². The van der Waals surface area contributed by atoms with Crippen molar-refractivity contribution >= 4 is 17.9 Å². The molecule has 0 fully saturated rings. The van der Waals surface area contributed by atoms with Gasteiger partial charge >= 0.3 is 17.9 Å². The molecule has 0 aromatic carbocycles. The van der Waals surface area contributed by atoms with Crippen LogP contribution in [0.2, 0.25) is 0 Å². The van der Waals surface area contributed by atoms with E-state index in [9.17, 15) is 14.4 Å². The Morgan fingerprint density at radius 3 is 0.865 bits per heavy atom. The first-order valence-corrected chi connectivity index (χ1v) is 31.9. The SMILES string of the molecule is CC/C=C\C/C=C\C/C=C\CCCCCC(=O)OCC(COC(=O)CCCCCCCCCCCCCCC/C=C\CCCCCCCCCC)OC(=O)CCCCCCCCC/C=C\C/C=C\CCCCCC. The Bertz CT molecular complexity index is 1370. The summed E-state index contributed by atoms with van der Waals surface area (Å²) in [6, 6.07) is 0. The zero-order valence-electron chi connectivity index (χ0n) is 49.1. The van der Waals surface area contributed by atoms with Gasteiger partial charge in [0.15, 0.2) is 6.10 Å². The summed E-state index contributed by atoms with van der Waals surface area (Å²) in [5, 5.41) is 0. The van der Waals surface area contributed by atoms with Gasteiger partial charge < -0.3 is 14.2 Å². The molecule has 0 aromatic rings. The van der Waals surface area contributed by atoms with Gasteiger partial charge in [-0.1, -0.05) is 267 Å². The molecule has 74 heavy (non-hydrogen) atoms. The maximum atomic E-state index is 12.9. The first kappa shape index (κ1) is 70.8. The minimum atomic E-state index is -0.792. The van der Waals surface area contributed by atoms with Crippen molar-refractivity contribution in [3.63, 3.8) is 0 Å².